The third kappa shape index (κ3) is 3.62. The maximum Gasteiger partial charge on any atom is 0.224 e. The third-order valence-corrected chi connectivity index (χ3v) is 4.66. The Morgan fingerprint density at radius 1 is 1.40 bits per heavy atom. The smallest absolute Gasteiger partial charge is 0.224 e. The van der Waals surface area contributed by atoms with Crippen molar-refractivity contribution >= 4 is 27.5 Å². The van der Waals surface area contributed by atoms with Gasteiger partial charge in [0, 0.05) is 13.0 Å². The number of nitrogens with two attached hydrogens (primary N) is 1. The van der Waals surface area contributed by atoms with Crippen LogP contribution in [-0.2, 0) is 14.8 Å². The maximum atomic E-state index is 11.7. The highest BCUT2D eigenvalue weighted by molar-refractivity contribution is 7.89. The van der Waals surface area contributed by atoms with Gasteiger partial charge in [-0.3, -0.25) is 4.79 Å². The van der Waals surface area contributed by atoms with Gasteiger partial charge in [-0.15, -0.1) is 0 Å². The van der Waals surface area contributed by atoms with E-state index in [-0.39, 0.29) is 25.5 Å². The molecule has 1 aliphatic rings. The summed E-state index contributed by atoms with van der Waals surface area (Å²) in [5.74, 6) is 0.301. The summed E-state index contributed by atoms with van der Waals surface area (Å²) in [6, 6.07) is 7.01. The van der Waals surface area contributed by atoms with Crippen molar-refractivity contribution in [2.75, 3.05) is 19.7 Å². The lowest BCUT2D eigenvalue weighted by Gasteiger charge is -2.16. The van der Waals surface area contributed by atoms with Gasteiger partial charge in [0.05, 0.1) is 11.6 Å². The first-order valence-corrected chi connectivity index (χ1v) is 8.03. The SMILES string of the molecule is NS(=O)(=O)C1CC(=O)N(CCOc2ccccc2Cl)C1. The number of rotatable bonds is 5. The number of carbonyl (C=O) groups is 1. The second kappa shape index (κ2) is 5.99. The number of nitrogens with zero attached hydrogens (tertiary/aromatic N) is 1. The second-order valence-electron chi connectivity index (χ2n) is 4.53. The molecular formula is C12H15ClN2O4S. The van der Waals surface area contributed by atoms with Gasteiger partial charge in [-0.05, 0) is 12.1 Å². The Morgan fingerprint density at radius 2 is 2.10 bits per heavy atom. The predicted molar refractivity (Wildman–Crippen MR) is 75.0 cm³/mol. The quantitative estimate of drug-likeness (QED) is 0.861. The fourth-order valence-electron chi connectivity index (χ4n) is 2.00. The van der Waals surface area contributed by atoms with E-state index in [0.717, 1.165) is 0 Å². The van der Waals surface area contributed by atoms with Gasteiger partial charge < -0.3 is 9.64 Å². The number of amides is 1. The molecule has 6 nitrogen and oxygen atoms in total. The van der Waals surface area contributed by atoms with Crippen molar-refractivity contribution in [2.24, 2.45) is 5.14 Å². The second-order valence-corrected chi connectivity index (χ2v) is 6.79. The number of likely N-dealkylation sites (tertiary alicyclic amines) is 1. The maximum absolute atomic E-state index is 11.7. The van der Waals surface area contributed by atoms with Crippen molar-refractivity contribution < 1.29 is 17.9 Å². The largest absolute Gasteiger partial charge is 0.490 e. The summed E-state index contributed by atoms with van der Waals surface area (Å²) in [7, 11) is -3.68. The number of sulfonamides is 1. The number of hydrogen-bond donors (Lipinski definition) is 1. The van der Waals surface area contributed by atoms with E-state index in [1.807, 2.05) is 0 Å². The Bertz CT molecular complexity index is 605. The molecule has 8 heteroatoms. The molecule has 0 bridgehead atoms. The highest BCUT2D eigenvalue weighted by Gasteiger charge is 2.36. The molecule has 0 saturated carbocycles. The fraction of sp³-hybridized carbons (Fsp3) is 0.417. The van der Waals surface area contributed by atoms with Crippen LogP contribution in [0, 0.1) is 0 Å². The average molecular weight is 319 g/mol. The molecule has 110 valence electrons. The Balaban J connectivity index is 1.86. The monoisotopic (exact) mass is 318 g/mol. The van der Waals surface area contributed by atoms with E-state index in [2.05, 4.69) is 0 Å². The van der Waals surface area contributed by atoms with Crippen molar-refractivity contribution in [3.8, 4) is 5.75 Å². The van der Waals surface area contributed by atoms with Gasteiger partial charge in [0.1, 0.15) is 17.6 Å². The lowest BCUT2D eigenvalue weighted by Crippen LogP contribution is -2.34. The standard InChI is InChI=1S/C12H15ClN2O4S/c13-10-3-1-2-4-11(10)19-6-5-15-8-9(7-12(15)16)20(14,17)18/h1-4,9H,5-8H2,(H2,14,17,18). The summed E-state index contributed by atoms with van der Waals surface area (Å²) in [6.07, 6.45) is -0.0646. The Kier molecular flexibility index (Phi) is 4.52. The molecule has 1 saturated heterocycles. The topological polar surface area (TPSA) is 89.7 Å². The Labute approximate surface area is 122 Å². The normalized spacial score (nSPS) is 19.4. The highest BCUT2D eigenvalue weighted by Crippen LogP contribution is 2.23. The number of benzene rings is 1. The van der Waals surface area contributed by atoms with Gasteiger partial charge in [0.25, 0.3) is 0 Å². The van der Waals surface area contributed by atoms with E-state index < -0.39 is 15.3 Å². The molecule has 1 unspecified atom stereocenters. The predicted octanol–water partition coefficient (Wildman–Crippen LogP) is 0.608. The van der Waals surface area contributed by atoms with Gasteiger partial charge in [-0.1, -0.05) is 23.7 Å². The number of ether oxygens (including phenoxy) is 1. The molecule has 0 aromatic heterocycles. The van der Waals surface area contributed by atoms with Gasteiger partial charge in [-0.25, -0.2) is 13.6 Å². The highest BCUT2D eigenvalue weighted by atomic mass is 35.5. The molecule has 20 heavy (non-hydrogen) atoms. The van der Waals surface area contributed by atoms with E-state index in [1.54, 1.807) is 24.3 Å². The molecule has 2 rings (SSSR count). The molecule has 0 spiro atoms. The Hall–Kier alpha value is -1.31. The van der Waals surface area contributed by atoms with Crippen LogP contribution in [0.25, 0.3) is 0 Å². The van der Waals surface area contributed by atoms with Crippen molar-refractivity contribution in [2.45, 2.75) is 11.7 Å². The minimum Gasteiger partial charge on any atom is -0.490 e. The van der Waals surface area contributed by atoms with Crippen LogP contribution in [0.1, 0.15) is 6.42 Å². The number of primary sulfonamides is 1. The summed E-state index contributed by atoms with van der Waals surface area (Å²) < 4.78 is 27.9. The molecule has 1 amide bonds. The molecule has 1 aromatic carbocycles. The molecule has 2 N–H and O–H groups in total. The molecule has 1 aliphatic heterocycles. The molecule has 0 radical (unpaired) electrons. The first-order chi connectivity index (χ1) is 9.38. The zero-order valence-electron chi connectivity index (χ0n) is 10.7. The lowest BCUT2D eigenvalue weighted by molar-refractivity contribution is -0.128. The average Bonchev–Trinajstić information content (AvgIpc) is 2.73. The summed E-state index contributed by atoms with van der Waals surface area (Å²) in [4.78, 5) is 13.1. The van der Waals surface area contributed by atoms with Gasteiger partial charge in [-0.2, -0.15) is 0 Å². The van der Waals surface area contributed by atoms with E-state index in [1.165, 1.54) is 4.90 Å². The lowest BCUT2D eigenvalue weighted by atomic mass is 10.3. The van der Waals surface area contributed by atoms with E-state index in [9.17, 15) is 13.2 Å². The van der Waals surface area contributed by atoms with Crippen LogP contribution in [-0.4, -0.2) is 44.2 Å². The number of hydrogen-bond acceptors (Lipinski definition) is 4. The molecule has 1 aromatic rings. The van der Waals surface area contributed by atoms with Gasteiger partial charge in [0.2, 0.25) is 15.9 Å². The zero-order chi connectivity index (χ0) is 14.8. The van der Waals surface area contributed by atoms with Crippen molar-refractivity contribution in [1.82, 2.24) is 4.90 Å². The van der Waals surface area contributed by atoms with Crippen LogP contribution in [0.4, 0.5) is 0 Å². The molecule has 1 fully saturated rings. The van der Waals surface area contributed by atoms with Crippen molar-refractivity contribution in [3.05, 3.63) is 29.3 Å². The molecule has 1 heterocycles. The summed E-state index contributed by atoms with van der Waals surface area (Å²) in [5.41, 5.74) is 0. The summed E-state index contributed by atoms with van der Waals surface area (Å²) >= 11 is 5.93. The van der Waals surface area contributed by atoms with Crippen LogP contribution in [0.15, 0.2) is 24.3 Å². The van der Waals surface area contributed by atoms with E-state index >= 15 is 0 Å². The minimum atomic E-state index is -3.68. The molecule has 1 atom stereocenters. The van der Waals surface area contributed by atoms with Gasteiger partial charge in [0.15, 0.2) is 0 Å². The van der Waals surface area contributed by atoms with Crippen molar-refractivity contribution in [3.63, 3.8) is 0 Å². The minimum absolute atomic E-state index is 0.0646. The zero-order valence-corrected chi connectivity index (χ0v) is 12.2. The summed E-state index contributed by atoms with van der Waals surface area (Å²) in [5, 5.41) is 4.71. The summed E-state index contributed by atoms with van der Waals surface area (Å²) in [6.45, 7) is 0.659. The van der Waals surface area contributed by atoms with Crippen LogP contribution in [0.3, 0.4) is 0 Å². The first kappa shape index (κ1) is 15.1. The van der Waals surface area contributed by atoms with Gasteiger partial charge >= 0.3 is 0 Å². The van der Waals surface area contributed by atoms with Crippen LogP contribution < -0.4 is 9.88 Å². The number of para-hydroxylation sites is 1. The van der Waals surface area contributed by atoms with Crippen molar-refractivity contribution in [1.29, 1.82) is 0 Å². The van der Waals surface area contributed by atoms with E-state index in [4.69, 9.17) is 21.5 Å². The number of halogens is 1. The first-order valence-electron chi connectivity index (χ1n) is 6.04. The molecular weight excluding hydrogens is 304 g/mol. The molecule has 0 aliphatic carbocycles. The Morgan fingerprint density at radius 3 is 2.70 bits per heavy atom. The fourth-order valence-corrected chi connectivity index (χ4v) is 2.95. The number of carbonyl (C=O) groups excluding carboxylic acids is 1. The van der Waals surface area contributed by atoms with Crippen LogP contribution >= 0.6 is 11.6 Å². The van der Waals surface area contributed by atoms with Crippen LogP contribution in [0.2, 0.25) is 5.02 Å². The van der Waals surface area contributed by atoms with E-state index in [0.29, 0.717) is 17.3 Å². The third-order valence-electron chi connectivity index (χ3n) is 3.10. The van der Waals surface area contributed by atoms with Crippen LogP contribution in [0.5, 0.6) is 5.75 Å².